The van der Waals surface area contributed by atoms with Gasteiger partial charge in [0.25, 0.3) is 0 Å². The zero-order valence-electron chi connectivity index (χ0n) is 13.2. The van der Waals surface area contributed by atoms with E-state index < -0.39 is 10.2 Å². The second-order valence-electron chi connectivity index (χ2n) is 5.24. The van der Waals surface area contributed by atoms with E-state index in [1.807, 2.05) is 24.3 Å². The van der Waals surface area contributed by atoms with Crippen molar-refractivity contribution in [1.82, 2.24) is 0 Å². The first-order valence-electron chi connectivity index (χ1n) is 7.42. The summed E-state index contributed by atoms with van der Waals surface area (Å²) in [5, 5.41) is 11.2. The maximum Gasteiger partial charge on any atom is 0.149 e. The predicted octanol–water partition coefficient (Wildman–Crippen LogP) is 4.05. The van der Waals surface area contributed by atoms with Crippen LogP contribution in [0.1, 0.15) is 23.8 Å². The molecule has 4 nitrogen and oxygen atoms in total. The van der Waals surface area contributed by atoms with Gasteiger partial charge in [-0.25, -0.2) is 0 Å². The molecule has 1 aliphatic heterocycles. The SMILES string of the molecule is COc1cc(OC)cc(C(O)C2(c3ccco3)SCCCS2)c1. The average molecular weight is 352 g/mol. The van der Waals surface area contributed by atoms with E-state index in [0.29, 0.717) is 11.5 Å². The Kier molecular flexibility index (Phi) is 5.14. The summed E-state index contributed by atoms with van der Waals surface area (Å²) in [7, 11) is 3.22. The number of benzene rings is 1. The highest BCUT2D eigenvalue weighted by Gasteiger charge is 2.46. The lowest BCUT2D eigenvalue weighted by molar-refractivity contribution is 0.153. The molecule has 2 aromatic rings. The molecule has 1 atom stereocenters. The summed E-state index contributed by atoms with van der Waals surface area (Å²) in [6.07, 6.45) is 2.06. The highest BCUT2D eigenvalue weighted by molar-refractivity contribution is 8.18. The van der Waals surface area contributed by atoms with Gasteiger partial charge in [-0.2, -0.15) is 0 Å². The molecule has 1 fully saturated rings. The number of rotatable bonds is 5. The van der Waals surface area contributed by atoms with Crippen molar-refractivity contribution in [2.75, 3.05) is 25.7 Å². The molecule has 0 bridgehead atoms. The Morgan fingerprint density at radius 2 is 1.78 bits per heavy atom. The molecule has 0 saturated carbocycles. The molecule has 3 rings (SSSR count). The van der Waals surface area contributed by atoms with E-state index in [-0.39, 0.29) is 0 Å². The van der Waals surface area contributed by atoms with Crippen molar-refractivity contribution in [3.63, 3.8) is 0 Å². The quantitative estimate of drug-likeness (QED) is 0.876. The molecule has 0 aliphatic carbocycles. The number of methoxy groups -OCH3 is 2. The molecule has 6 heteroatoms. The molecular formula is C17H20O4S2. The van der Waals surface area contributed by atoms with Gasteiger partial charge < -0.3 is 19.0 Å². The number of thioether (sulfide) groups is 2. The lowest BCUT2D eigenvalue weighted by atomic mass is 10.0. The van der Waals surface area contributed by atoms with E-state index >= 15 is 0 Å². The van der Waals surface area contributed by atoms with Crippen molar-refractivity contribution in [2.45, 2.75) is 16.6 Å². The van der Waals surface area contributed by atoms with Crippen LogP contribution in [0.5, 0.6) is 11.5 Å². The molecule has 1 aliphatic rings. The third-order valence-electron chi connectivity index (χ3n) is 3.84. The van der Waals surface area contributed by atoms with Crippen LogP contribution < -0.4 is 9.47 Å². The van der Waals surface area contributed by atoms with E-state index in [4.69, 9.17) is 13.9 Å². The number of ether oxygens (including phenoxy) is 2. The summed E-state index contributed by atoms with van der Waals surface area (Å²) in [6, 6.07) is 9.32. The van der Waals surface area contributed by atoms with Crippen LogP contribution in [0.2, 0.25) is 0 Å². The van der Waals surface area contributed by atoms with Crippen molar-refractivity contribution in [3.05, 3.63) is 47.9 Å². The minimum absolute atomic E-state index is 0.543. The first-order valence-corrected chi connectivity index (χ1v) is 9.39. The Hall–Kier alpha value is -1.24. The molecule has 2 heterocycles. The van der Waals surface area contributed by atoms with Gasteiger partial charge in [0.15, 0.2) is 0 Å². The fourth-order valence-electron chi connectivity index (χ4n) is 2.67. The largest absolute Gasteiger partial charge is 0.497 e. The molecule has 0 spiro atoms. The molecule has 0 radical (unpaired) electrons. The molecular weight excluding hydrogens is 332 g/mol. The van der Waals surface area contributed by atoms with Crippen molar-refractivity contribution in [1.29, 1.82) is 0 Å². The monoisotopic (exact) mass is 352 g/mol. The zero-order chi connectivity index (χ0) is 16.3. The Morgan fingerprint density at radius 1 is 1.13 bits per heavy atom. The van der Waals surface area contributed by atoms with Gasteiger partial charge in [0.05, 0.1) is 20.5 Å². The fraction of sp³-hybridized carbons (Fsp3) is 0.412. The number of hydrogen-bond donors (Lipinski definition) is 1. The summed E-state index contributed by atoms with van der Waals surface area (Å²) >= 11 is 3.47. The average Bonchev–Trinajstić information content (AvgIpc) is 3.16. The Morgan fingerprint density at radius 3 is 2.30 bits per heavy atom. The molecule has 124 valence electrons. The molecule has 1 aromatic heterocycles. The van der Waals surface area contributed by atoms with Crippen LogP contribution in [0.3, 0.4) is 0 Å². The van der Waals surface area contributed by atoms with Gasteiger partial charge in [0, 0.05) is 6.07 Å². The second kappa shape index (κ2) is 7.11. The van der Waals surface area contributed by atoms with E-state index in [2.05, 4.69) is 0 Å². The van der Waals surface area contributed by atoms with Crippen molar-refractivity contribution in [3.8, 4) is 11.5 Å². The van der Waals surface area contributed by atoms with Crippen LogP contribution in [0.25, 0.3) is 0 Å². The maximum atomic E-state index is 11.2. The molecule has 1 N–H and O–H groups in total. The van der Waals surface area contributed by atoms with Gasteiger partial charge in [-0.05, 0) is 47.8 Å². The molecule has 1 aromatic carbocycles. The van der Waals surface area contributed by atoms with Gasteiger partial charge in [-0.1, -0.05) is 0 Å². The van der Waals surface area contributed by atoms with E-state index in [9.17, 15) is 5.11 Å². The second-order valence-corrected chi connectivity index (χ2v) is 8.18. The van der Waals surface area contributed by atoms with Crippen molar-refractivity contribution in [2.24, 2.45) is 0 Å². The van der Waals surface area contributed by atoms with Crippen molar-refractivity contribution >= 4 is 23.5 Å². The van der Waals surface area contributed by atoms with E-state index in [1.54, 1.807) is 50.1 Å². The highest BCUT2D eigenvalue weighted by atomic mass is 32.2. The molecule has 0 amide bonds. The molecule has 1 unspecified atom stereocenters. The van der Waals surface area contributed by atoms with E-state index in [0.717, 1.165) is 29.3 Å². The Labute approximate surface area is 144 Å². The maximum absolute atomic E-state index is 11.2. The van der Waals surface area contributed by atoms with Gasteiger partial charge in [0.2, 0.25) is 0 Å². The van der Waals surface area contributed by atoms with Gasteiger partial charge in [0.1, 0.15) is 27.4 Å². The first-order chi connectivity index (χ1) is 11.2. The van der Waals surface area contributed by atoms with Crippen LogP contribution in [-0.4, -0.2) is 30.8 Å². The minimum Gasteiger partial charge on any atom is -0.497 e. The normalized spacial score (nSPS) is 18.4. The number of aliphatic hydroxyl groups is 1. The van der Waals surface area contributed by atoms with Gasteiger partial charge in [-0.3, -0.25) is 0 Å². The summed E-state index contributed by atoms with van der Waals surface area (Å²) in [5.74, 6) is 4.11. The third-order valence-corrected chi connectivity index (χ3v) is 7.24. The van der Waals surface area contributed by atoms with Gasteiger partial charge in [-0.15, -0.1) is 23.5 Å². The molecule has 23 heavy (non-hydrogen) atoms. The Balaban J connectivity index is 2.03. The van der Waals surface area contributed by atoms with Crippen LogP contribution in [0.4, 0.5) is 0 Å². The van der Waals surface area contributed by atoms with Crippen LogP contribution in [0, 0.1) is 0 Å². The van der Waals surface area contributed by atoms with E-state index in [1.165, 1.54) is 0 Å². The lowest BCUT2D eigenvalue weighted by Gasteiger charge is -2.38. The minimum atomic E-state index is -0.729. The van der Waals surface area contributed by atoms with Crippen LogP contribution >= 0.6 is 23.5 Å². The summed E-state index contributed by atoms with van der Waals surface area (Å²) in [5.41, 5.74) is 0.763. The summed E-state index contributed by atoms with van der Waals surface area (Å²) in [4.78, 5) is 0. The lowest BCUT2D eigenvalue weighted by Crippen LogP contribution is -2.30. The topological polar surface area (TPSA) is 51.8 Å². The number of hydrogen-bond acceptors (Lipinski definition) is 6. The predicted molar refractivity (Wildman–Crippen MR) is 94.4 cm³/mol. The summed E-state index contributed by atoms with van der Waals surface area (Å²) in [6.45, 7) is 0. The zero-order valence-corrected chi connectivity index (χ0v) is 14.8. The fourth-order valence-corrected chi connectivity index (χ4v) is 5.97. The van der Waals surface area contributed by atoms with Crippen LogP contribution in [0.15, 0.2) is 41.0 Å². The highest BCUT2D eigenvalue weighted by Crippen LogP contribution is 2.57. The van der Waals surface area contributed by atoms with Gasteiger partial charge >= 0.3 is 0 Å². The van der Waals surface area contributed by atoms with Crippen LogP contribution in [-0.2, 0) is 4.08 Å². The Bertz CT molecular complexity index is 614. The summed E-state index contributed by atoms with van der Waals surface area (Å²) < 4.78 is 15.8. The number of aliphatic hydroxyl groups excluding tert-OH is 1. The smallest absolute Gasteiger partial charge is 0.149 e. The first kappa shape index (κ1) is 16.6. The number of furan rings is 1. The standard InChI is InChI=1S/C17H20O4S2/c1-19-13-9-12(10-14(11-13)20-2)16(18)17(15-5-3-6-21-15)22-7-4-8-23-17/h3,5-6,9-11,16,18H,4,7-8H2,1-2H3. The third kappa shape index (κ3) is 3.20. The molecule has 1 saturated heterocycles. The van der Waals surface area contributed by atoms with Crippen molar-refractivity contribution < 1.29 is 19.0 Å².